The second-order valence-electron chi connectivity index (χ2n) is 3.08. The molecule has 1 rings (SSSR count). The number of aryl methyl sites for hydroxylation is 1. The van der Waals surface area contributed by atoms with Crippen LogP contribution < -0.4 is 5.44 Å². The molecule has 96 valence electrons. The number of aromatic nitrogens is 1. The van der Waals surface area contributed by atoms with Gasteiger partial charge in [0.2, 0.25) is 0 Å². The van der Waals surface area contributed by atoms with Gasteiger partial charge in [-0.25, -0.2) is 4.98 Å². The number of hydrogen-bond donors (Lipinski definition) is 4. The van der Waals surface area contributed by atoms with Crippen molar-refractivity contribution in [3.63, 3.8) is 0 Å². The Morgan fingerprint density at radius 2 is 1.94 bits per heavy atom. The molecule has 0 bridgehead atoms. The quantitative estimate of drug-likeness (QED) is 0.377. The first-order valence-electron chi connectivity index (χ1n) is 4.17. The van der Waals surface area contributed by atoms with Crippen molar-refractivity contribution in [1.82, 2.24) is 4.98 Å². The molecule has 0 radical (unpaired) electrons. The summed E-state index contributed by atoms with van der Waals surface area (Å²) in [6.45, 7) is 0.498. The molecule has 1 heterocycles. The van der Waals surface area contributed by atoms with Gasteiger partial charge in [-0.3, -0.25) is 9.36 Å². The van der Waals surface area contributed by atoms with Crippen LogP contribution in [-0.2, 0) is 11.2 Å². The predicted molar refractivity (Wildman–Crippen MR) is 57.2 cm³/mol. The molecule has 0 unspecified atom stereocenters. The van der Waals surface area contributed by atoms with Crippen molar-refractivity contribution >= 4 is 19.3 Å². The Morgan fingerprint density at radius 3 is 2.29 bits per heavy atom. The molecule has 0 aliphatic carbocycles. The minimum Gasteiger partial charge on any atom is -0.505 e. The largest absolute Gasteiger partial charge is 0.505 e. The van der Waals surface area contributed by atoms with E-state index in [2.05, 4.69) is 4.98 Å². The maximum atomic E-state index is 11.1. The molecular weight excluding hydrogens is 253 g/mol. The Bertz CT molecular complexity index is 481. The fourth-order valence-electron chi connectivity index (χ4n) is 1.26. The molecule has 0 aromatic carbocycles. The van der Waals surface area contributed by atoms with E-state index in [1.54, 1.807) is 0 Å². The maximum absolute atomic E-state index is 11.1. The molecule has 0 saturated heterocycles. The second kappa shape index (κ2) is 5.35. The number of carbonyl (C=O) groups excluding carboxylic acids is 1. The summed E-state index contributed by atoms with van der Waals surface area (Å²) in [5.74, 6) is -0.490. The summed E-state index contributed by atoms with van der Waals surface area (Å²) in [6, 6.07) is 0. The van der Waals surface area contributed by atoms with Crippen molar-refractivity contribution in [2.24, 2.45) is 0 Å². The van der Waals surface area contributed by atoms with E-state index >= 15 is 0 Å². The van der Waals surface area contributed by atoms with Crippen LogP contribution >= 0.6 is 7.60 Å². The smallest absolute Gasteiger partial charge is 0.374 e. The first kappa shape index (κ1) is 15.7. The average molecular weight is 265 g/mol. The van der Waals surface area contributed by atoms with Gasteiger partial charge in [0.25, 0.3) is 0 Å². The number of aldehydes is 1. The lowest BCUT2D eigenvalue weighted by Gasteiger charge is -2.13. The highest BCUT2D eigenvalue weighted by Crippen LogP contribution is 2.36. The van der Waals surface area contributed by atoms with Crippen molar-refractivity contribution in [2.75, 3.05) is 0 Å². The number of pyridine rings is 1. The van der Waals surface area contributed by atoms with Crippen molar-refractivity contribution in [3.05, 3.63) is 16.8 Å². The lowest BCUT2D eigenvalue weighted by molar-refractivity contribution is 0.111. The minimum absolute atomic E-state index is 0. The Balaban J connectivity index is 0.00000256. The molecule has 0 spiro atoms. The zero-order valence-electron chi connectivity index (χ0n) is 8.78. The van der Waals surface area contributed by atoms with E-state index in [1.165, 1.54) is 6.92 Å². The number of hydrogen-bond acceptors (Lipinski definition) is 5. The number of rotatable bonds is 3. The van der Waals surface area contributed by atoms with Gasteiger partial charge in [-0.05, 0) is 6.92 Å². The standard InChI is InChI=1S/C8H10NO6P.H2O/c1-4-7(12)5(2-10)6(3-11)8(9-4)16(13,14)15;/h2,11-12H,3H2,1H3,(H2,13,14,15);1H2. The molecule has 1 aromatic heterocycles. The topological polar surface area (TPSA) is 159 Å². The van der Waals surface area contributed by atoms with Crippen LogP contribution in [0.4, 0.5) is 0 Å². The SMILES string of the molecule is Cc1nc(P(=O)(O)O)c(CO)c(C=O)c1O.O. The van der Waals surface area contributed by atoms with Crippen LogP contribution in [0, 0.1) is 6.92 Å². The Hall–Kier alpha value is -1.31. The number of aliphatic hydroxyl groups excluding tert-OH is 1. The van der Waals surface area contributed by atoms with E-state index in [4.69, 9.17) is 14.9 Å². The van der Waals surface area contributed by atoms with Crippen LogP contribution in [0.3, 0.4) is 0 Å². The summed E-state index contributed by atoms with van der Waals surface area (Å²) in [5, 5.41) is 18.4. The van der Waals surface area contributed by atoms with Gasteiger partial charge in [-0.1, -0.05) is 0 Å². The number of carbonyl (C=O) groups is 1. The van der Waals surface area contributed by atoms with Gasteiger partial charge in [0.15, 0.2) is 11.7 Å². The summed E-state index contributed by atoms with van der Waals surface area (Å²) in [6.07, 6.45) is 0.217. The van der Waals surface area contributed by atoms with Crippen molar-refractivity contribution in [1.29, 1.82) is 0 Å². The van der Waals surface area contributed by atoms with Gasteiger partial charge in [0.1, 0.15) is 5.75 Å². The first-order chi connectivity index (χ1) is 7.32. The zero-order chi connectivity index (χ0) is 12.5. The third-order valence-electron chi connectivity index (χ3n) is 2.02. The monoisotopic (exact) mass is 265 g/mol. The first-order valence-corrected chi connectivity index (χ1v) is 5.78. The minimum atomic E-state index is -4.70. The molecule has 0 aliphatic heterocycles. The molecule has 1 aromatic rings. The van der Waals surface area contributed by atoms with Crippen molar-refractivity contribution < 1.29 is 34.8 Å². The Kier molecular flexibility index (Phi) is 4.94. The highest BCUT2D eigenvalue weighted by atomic mass is 31.2. The molecule has 8 nitrogen and oxygen atoms in total. The Labute approximate surface area is 96.0 Å². The lowest BCUT2D eigenvalue weighted by atomic mass is 10.1. The average Bonchev–Trinajstić information content (AvgIpc) is 2.19. The number of aliphatic hydroxyl groups is 1. The Morgan fingerprint density at radius 1 is 1.41 bits per heavy atom. The molecule has 17 heavy (non-hydrogen) atoms. The molecule has 6 N–H and O–H groups in total. The highest BCUT2D eigenvalue weighted by Gasteiger charge is 2.28. The van der Waals surface area contributed by atoms with Gasteiger partial charge in [0.05, 0.1) is 17.9 Å². The predicted octanol–water partition coefficient (Wildman–Crippen LogP) is -1.62. The summed E-state index contributed by atoms with van der Waals surface area (Å²) in [5.41, 5.74) is -1.48. The van der Waals surface area contributed by atoms with Gasteiger partial charge in [-0.15, -0.1) is 0 Å². The highest BCUT2D eigenvalue weighted by molar-refractivity contribution is 7.60. The van der Waals surface area contributed by atoms with Gasteiger partial charge in [-0.2, -0.15) is 0 Å². The van der Waals surface area contributed by atoms with Crippen LogP contribution in [-0.4, -0.2) is 36.7 Å². The van der Waals surface area contributed by atoms with E-state index < -0.39 is 25.4 Å². The molecule has 0 atom stereocenters. The molecule has 0 fully saturated rings. The zero-order valence-corrected chi connectivity index (χ0v) is 9.68. The van der Waals surface area contributed by atoms with Crippen LogP contribution in [0.5, 0.6) is 5.75 Å². The molecule has 0 amide bonds. The maximum Gasteiger partial charge on any atom is 0.374 e. The lowest BCUT2D eigenvalue weighted by Crippen LogP contribution is -2.19. The van der Waals surface area contributed by atoms with Crippen molar-refractivity contribution in [2.45, 2.75) is 13.5 Å². The summed E-state index contributed by atoms with van der Waals surface area (Å²) < 4.78 is 11.1. The molecule has 9 heteroatoms. The van der Waals surface area contributed by atoms with E-state index in [0.717, 1.165) is 0 Å². The van der Waals surface area contributed by atoms with E-state index in [-0.39, 0.29) is 28.6 Å². The van der Waals surface area contributed by atoms with Gasteiger partial charge < -0.3 is 25.5 Å². The summed E-state index contributed by atoms with van der Waals surface area (Å²) in [4.78, 5) is 32.1. The van der Waals surface area contributed by atoms with Crippen LogP contribution in [0.2, 0.25) is 0 Å². The van der Waals surface area contributed by atoms with Crippen molar-refractivity contribution in [3.8, 4) is 5.75 Å². The second-order valence-corrected chi connectivity index (χ2v) is 4.59. The van der Waals surface area contributed by atoms with E-state index in [1.807, 2.05) is 0 Å². The number of nitrogens with zero attached hydrogens (tertiary/aromatic N) is 1. The summed E-state index contributed by atoms with van der Waals surface area (Å²) >= 11 is 0. The van der Waals surface area contributed by atoms with E-state index in [0.29, 0.717) is 0 Å². The van der Waals surface area contributed by atoms with Crippen LogP contribution in [0.1, 0.15) is 21.6 Å². The van der Waals surface area contributed by atoms with Gasteiger partial charge >= 0.3 is 7.60 Å². The normalized spacial score (nSPS) is 10.8. The third kappa shape index (κ3) is 2.87. The fourth-order valence-corrected chi connectivity index (χ4v) is 2.08. The summed E-state index contributed by atoms with van der Waals surface area (Å²) in [7, 11) is -4.70. The molecule has 0 saturated carbocycles. The molecule has 0 aliphatic rings. The van der Waals surface area contributed by atoms with E-state index in [9.17, 15) is 14.5 Å². The third-order valence-corrected chi connectivity index (χ3v) is 2.94. The van der Waals surface area contributed by atoms with Crippen LogP contribution in [0.15, 0.2) is 0 Å². The molecular formula is C8H12NO7P. The van der Waals surface area contributed by atoms with Gasteiger partial charge in [0, 0.05) is 5.56 Å². The fraction of sp³-hybridized carbons (Fsp3) is 0.250. The number of aromatic hydroxyl groups is 1. The van der Waals surface area contributed by atoms with Crippen LogP contribution in [0.25, 0.3) is 0 Å².